The number of rotatable bonds is 6. The molecule has 126 valence electrons. The third-order valence-electron chi connectivity index (χ3n) is 3.73. The molecule has 1 atom stereocenters. The number of carbonyl (C=O) groups is 2. The molecule has 1 aliphatic rings. The van der Waals surface area contributed by atoms with E-state index >= 15 is 0 Å². The van der Waals surface area contributed by atoms with E-state index in [-0.39, 0.29) is 12.3 Å². The van der Waals surface area contributed by atoms with Gasteiger partial charge in [0.1, 0.15) is 0 Å². The summed E-state index contributed by atoms with van der Waals surface area (Å²) in [5.41, 5.74) is 1.04. The minimum Gasteiger partial charge on any atom is -0.481 e. The summed E-state index contributed by atoms with van der Waals surface area (Å²) in [6.07, 6.45) is 1.37. The molecule has 0 saturated carbocycles. The number of hydrogen-bond acceptors (Lipinski definition) is 3. The van der Waals surface area contributed by atoms with Crippen LogP contribution in [0.3, 0.4) is 0 Å². The van der Waals surface area contributed by atoms with E-state index in [0.717, 1.165) is 12.0 Å². The Labute approximate surface area is 145 Å². The van der Waals surface area contributed by atoms with Crippen molar-refractivity contribution < 1.29 is 19.4 Å². The number of aryl methyl sites for hydroxylation is 1. The number of morpholine rings is 1. The smallest absolute Gasteiger partial charge is 0.306 e. The number of amides is 1. The van der Waals surface area contributed by atoms with Crippen LogP contribution in [-0.2, 0) is 20.7 Å². The number of halogens is 2. The van der Waals surface area contributed by atoms with Gasteiger partial charge in [0, 0.05) is 19.5 Å². The Kier molecular flexibility index (Phi) is 6.69. The Bertz CT molecular complexity index is 579. The van der Waals surface area contributed by atoms with Crippen molar-refractivity contribution in [1.29, 1.82) is 0 Å². The molecule has 1 N–H and O–H groups in total. The van der Waals surface area contributed by atoms with E-state index in [2.05, 4.69) is 0 Å². The Hall–Kier alpha value is -1.30. The van der Waals surface area contributed by atoms with Crippen molar-refractivity contribution in [3.8, 4) is 0 Å². The highest BCUT2D eigenvalue weighted by Gasteiger charge is 2.25. The molecule has 1 heterocycles. The maximum atomic E-state index is 12.2. The van der Waals surface area contributed by atoms with Gasteiger partial charge in [0.15, 0.2) is 0 Å². The van der Waals surface area contributed by atoms with Crippen LogP contribution in [0.25, 0.3) is 0 Å². The second-order valence-corrected chi connectivity index (χ2v) is 6.35. The number of benzene rings is 1. The zero-order valence-corrected chi connectivity index (χ0v) is 14.1. The van der Waals surface area contributed by atoms with E-state index < -0.39 is 12.1 Å². The molecule has 7 heteroatoms. The highest BCUT2D eigenvalue weighted by atomic mass is 35.5. The summed E-state index contributed by atoms with van der Waals surface area (Å²) in [5.74, 6) is -0.882. The Morgan fingerprint density at radius 3 is 2.78 bits per heavy atom. The molecule has 0 radical (unpaired) electrons. The zero-order valence-electron chi connectivity index (χ0n) is 12.6. The van der Waals surface area contributed by atoms with Crippen molar-refractivity contribution in [2.75, 3.05) is 19.7 Å². The average Bonchev–Trinajstić information content (AvgIpc) is 2.50. The standard InChI is InChI=1S/C16H19Cl2NO4/c17-13-5-4-11(8-14(13)18)2-1-3-15(20)19-6-7-23-12(10-19)9-16(21)22/h4-5,8,12H,1-3,6-7,9-10H2,(H,21,22)/t12-/m1/s1. The zero-order chi connectivity index (χ0) is 16.8. The van der Waals surface area contributed by atoms with Gasteiger partial charge >= 0.3 is 5.97 Å². The third kappa shape index (κ3) is 5.68. The van der Waals surface area contributed by atoms with Gasteiger partial charge in [-0.1, -0.05) is 29.3 Å². The van der Waals surface area contributed by atoms with Crippen LogP contribution in [0.15, 0.2) is 18.2 Å². The fraction of sp³-hybridized carbons (Fsp3) is 0.500. The van der Waals surface area contributed by atoms with Crippen LogP contribution in [0, 0.1) is 0 Å². The van der Waals surface area contributed by atoms with Gasteiger partial charge in [-0.15, -0.1) is 0 Å². The van der Waals surface area contributed by atoms with E-state index in [0.29, 0.717) is 42.6 Å². The summed E-state index contributed by atoms with van der Waals surface area (Å²) >= 11 is 11.8. The fourth-order valence-electron chi connectivity index (χ4n) is 2.56. The third-order valence-corrected chi connectivity index (χ3v) is 4.47. The molecule has 1 amide bonds. The predicted molar refractivity (Wildman–Crippen MR) is 88.0 cm³/mol. The normalized spacial score (nSPS) is 18.0. The lowest BCUT2D eigenvalue weighted by molar-refractivity contribution is -0.147. The molecule has 0 aliphatic carbocycles. The first-order chi connectivity index (χ1) is 11.0. The van der Waals surface area contributed by atoms with Crippen LogP contribution in [0.5, 0.6) is 0 Å². The van der Waals surface area contributed by atoms with Gasteiger partial charge < -0.3 is 14.7 Å². The van der Waals surface area contributed by atoms with Gasteiger partial charge in [-0.25, -0.2) is 0 Å². The van der Waals surface area contributed by atoms with Gasteiger partial charge in [0.2, 0.25) is 5.91 Å². The molecule has 0 aromatic heterocycles. The monoisotopic (exact) mass is 359 g/mol. The minimum atomic E-state index is -0.913. The van der Waals surface area contributed by atoms with Gasteiger partial charge in [-0.3, -0.25) is 9.59 Å². The molecule has 23 heavy (non-hydrogen) atoms. The lowest BCUT2D eigenvalue weighted by Crippen LogP contribution is -2.46. The van der Waals surface area contributed by atoms with Crippen LogP contribution < -0.4 is 0 Å². The second-order valence-electron chi connectivity index (χ2n) is 5.53. The van der Waals surface area contributed by atoms with Crippen molar-refractivity contribution in [2.45, 2.75) is 31.8 Å². The Morgan fingerprint density at radius 2 is 2.09 bits per heavy atom. The molecule has 5 nitrogen and oxygen atoms in total. The number of carbonyl (C=O) groups excluding carboxylic acids is 1. The van der Waals surface area contributed by atoms with E-state index in [1.165, 1.54) is 0 Å². The molecule has 0 spiro atoms. The highest BCUT2D eigenvalue weighted by Crippen LogP contribution is 2.23. The summed E-state index contributed by atoms with van der Waals surface area (Å²) in [4.78, 5) is 24.6. The van der Waals surface area contributed by atoms with E-state index in [1.54, 1.807) is 11.0 Å². The number of aliphatic carboxylic acids is 1. The maximum absolute atomic E-state index is 12.2. The molecule has 1 aliphatic heterocycles. The first-order valence-electron chi connectivity index (χ1n) is 7.51. The van der Waals surface area contributed by atoms with Crippen molar-refractivity contribution in [1.82, 2.24) is 4.90 Å². The SMILES string of the molecule is O=C(O)C[C@@H]1CN(C(=O)CCCc2ccc(Cl)c(Cl)c2)CCO1. The number of carboxylic acids is 1. The average molecular weight is 360 g/mol. The van der Waals surface area contributed by atoms with E-state index in [9.17, 15) is 9.59 Å². The van der Waals surface area contributed by atoms with Gasteiger partial charge in [0.05, 0.1) is 29.2 Å². The molecule has 1 aromatic rings. The Balaban J connectivity index is 1.77. The summed E-state index contributed by atoms with van der Waals surface area (Å²) in [6.45, 7) is 1.25. The minimum absolute atomic E-state index is 0.0312. The molecule has 1 aromatic carbocycles. The maximum Gasteiger partial charge on any atom is 0.306 e. The molecule has 0 unspecified atom stereocenters. The topological polar surface area (TPSA) is 66.8 Å². The van der Waals surface area contributed by atoms with Crippen molar-refractivity contribution in [3.05, 3.63) is 33.8 Å². The number of hydrogen-bond donors (Lipinski definition) is 1. The van der Waals surface area contributed by atoms with E-state index in [4.69, 9.17) is 33.0 Å². The second kappa shape index (κ2) is 8.52. The lowest BCUT2D eigenvalue weighted by Gasteiger charge is -2.32. The summed E-state index contributed by atoms with van der Waals surface area (Å²) in [5, 5.41) is 9.83. The Morgan fingerprint density at radius 1 is 1.30 bits per heavy atom. The lowest BCUT2D eigenvalue weighted by atomic mass is 10.1. The van der Waals surface area contributed by atoms with Crippen LogP contribution in [0.2, 0.25) is 10.0 Å². The van der Waals surface area contributed by atoms with Crippen molar-refractivity contribution in [2.24, 2.45) is 0 Å². The van der Waals surface area contributed by atoms with Crippen LogP contribution >= 0.6 is 23.2 Å². The van der Waals surface area contributed by atoms with Crippen molar-refractivity contribution in [3.63, 3.8) is 0 Å². The quantitative estimate of drug-likeness (QED) is 0.847. The molecule has 0 bridgehead atoms. The predicted octanol–water partition coefficient (Wildman–Crippen LogP) is 3.02. The summed E-state index contributed by atoms with van der Waals surface area (Å²) < 4.78 is 5.37. The number of carboxylic acid groups (broad SMARTS) is 1. The molecular formula is C16H19Cl2NO4. The molecule has 1 fully saturated rings. The van der Waals surface area contributed by atoms with Crippen LogP contribution in [0.1, 0.15) is 24.8 Å². The van der Waals surface area contributed by atoms with Gasteiger partial charge in [0.25, 0.3) is 0 Å². The fourth-order valence-corrected chi connectivity index (χ4v) is 2.88. The van der Waals surface area contributed by atoms with Crippen LogP contribution in [-0.4, -0.2) is 47.7 Å². The molecule has 2 rings (SSSR count). The molecule has 1 saturated heterocycles. The first-order valence-corrected chi connectivity index (χ1v) is 8.26. The van der Waals surface area contributed by atoms with Crippen LogP contribution in [0.4, 0.5) is 0 Å². The summed E-state index contributed by atoms with van der Waals surface area (Å²) in [6, 6.07) is 5.46. The highest BCUT2D eigenvalue weighted by molar-refractivity contribution is 6.42. The summed E-state index contributed by atoms with van der Waals surface area (Å²) in [7, 11) is 0. The first kappa shape index (κ1) is 18.0. The molecular weight excluding hydrogens is 341 g/mol. The van der Waals surface area contributed by atoms with Gasteiger partial charge in [-0.2, -0.15) is 0 Å². The number of ether oxygens (including phenoxy) is 1. The largest absolute Gasteiger partial charge is 0.481 e. The number of nitrogens with zero attached hydrogens (tertiary/aromatic N) is 1. The van der Waals surface area contributed by atoms with Crippen molar-refractivity contribution >= 4 is 35.1 Å². The van der Waals surface area contributed by atoms with E-state index in [1.807, 2.05) is 12.1 Å². The van der Waals surface area contributed by atoms with Gasteiger partial charge in [-0.05, 0) is 30.5 Å².